The average molecular weight is 537 g/mol. The lowest BCUT2D eigenvalue weighted by atomic mass is 10.0. The highest BCUT2D eigenvalue weighted by atomic mass is 16.4. The van der Waals surface area contributed by atoms with E-state index in [-0.39, 0.29) is 25.0 Å². The third kappa shape index (κ3) is 8.97. The second-order valence-electron chi connectivity index (χ2n) is 9.14. The smallest absolute Gasteiger partial charge is 0.326 e. The van der Waals surface area contributed by atoms with E-state index in [2.05, 4.69) is 25.9 Å². The molecule has 8 N–H and O–H groups in total. The number of carboxylic acids is 1. The molecule has 4 atom stereocenters. The normalized spacial score (nSPS) is 13.9. The summed E-state index contributed by atoms with van der Waals surface area (Å²) in [4.78, 5) is 57.2. The summed E-state index contributed by atoms with van der Waals surface area (Å²) >= 11 is 0. The van der Waals surface area contributed by atoms with E-state index in [1.54, 1.807) is 42.5 Å². The summed E-state index contributed by atoms with van der Waals surface area (Å²) in [5.41, 5.74) is 7.99. The van der Waals surface area contributed by atoms with Crippen molar-refractivity contribution in [2.45, 2.75) is 50.4 Å². The second kappa shape index (κ2) is 13.7. The number of carbonyl (C=O) groups excluding carboxylic acids is 3. The van der Waals surface area contributed by atoms with Crippen LogP contribution in [0, 0.1) is 0 Å². The number of phenolic OH excluding ortho intramolecular Hbond substituents is 1. The number of carbonyl (C=O) groups is 4. The van der Waals surface area contributed by atoms with Crippen LogP contribution < -0.4 is 21.7 Å². The summed E-state index contributed by atoms with van der Waals surface area (Å²) in [6.07, 6.45) is 3.11. The van der Waals surface area contributed by atoms with Crippen LogP contribution in [-0.2, 0) is 38.4 Å². The number of aromatic hydroxyl groups is 1. The number of nitrogens with two attached hydrogens (primary N) is 1. The average Bonchev–Trinajstić information content (AvgIpc) is 3.42. The molecule has 0 aliphatic heterocycles. The molecule has 0 aliphatic carbocycles. The van der Waals surface area contributed by atoms with Gasteiger partial charge in [-0.2, -0.15) is 0 Å². The predicted octanol–water partition coefficient (Wildman–Crippen LogP) is 0.0294. The number of amides is 3. The van der Waals surface area contributed by atoms with Crippen LogP contribution in [0.1, 0.15) is 23.7 Å². The minimum Gasteiger partial charge on any atom is -0.508 e. The Kier molecular flexibility index (Phi) is 10.2. The van der Waals surface area contributed by atoms with Crippen LogP contribution in [0.2, 0.25) is 0 Å². The van der Waals surface area contributed by atoms with Gasteiger partial charge in [-0.15, -0.1) is 0 Å². The molecule has 12 nitrogen and oxygen atoms in total. The van der Waals surface area contributed by atoms with E-state index in [9.17, 15) is 29.4 Å². The van der Waals surface area contributed by atoms with Gasteiger partial charge < -0.3 is 36.9 Å². The van der Waals surface area contributed by atoms with Crippen molar-refractivity contribution < 1.29 is 29.4 Å². The Morgan fingerprint density at radius 1 is 0.846 bits per heavy atom. The molecular formula is C27H32N6O6. The molecule has 0 bridgehead atoms. The van der Waals surface area contributed by atoms with Crippen LogP contribution in [0.25, 0.3) is 0 Å². The third-order valence-electron chi connectivity index (χ3n) is 5.99. The molecule has 206 valence electrons. The number of hydrogen-bond donors (Lipinski definition) is 7. The molecule has 0 radical (unpaired) electrons. The van der Waals surface area contributed by atoms with Crippen LogP contribution in [0.4, 0.5) is 0 Å². The van der Waals surface area contributed by atoms with E-state index in [0.717, 1.165) is 11.1 Å². The number of aliphatic carboxylic acids is 1. The number of aromatic nitrogens is 2. The Morgan fingerprint density at radius 2 is 1.49 bits per heavy atom. The first kappa shape index (κ1) is 28.9. The number of nitrogens with zero attached hydrogens (tertiary/aromatic N) is 1. The van der Waals surface area contributed by atoms with Crippen molar-refractivity contribution in [2.75, 3.05) is 0 Å². The molecule has 0 saturated carbocycles. The number of phenols is 1. The third-order valence-corrected chi connectivity index (χ3v) is 5.99. The Hall–Kier alpha value is -4.71. The van der Waals surface area contributed by atoms with Gasteiger partial charge in [0.25, 0.3) is 0 Å². The van der Waals surface area contributed by atoms with E-state index >= 15 is 0 Å². The maximum atomic E-state index is 13.2. The molecule has 1 heterocycles. The Morgan fingerprint density at radius 3 is 2.10 bits per heavy atom. The molecule has 3 aromatic rings. The quantitative estimate of drug-likeness (QED) is 0.159. The highest BCUT2D eigenvalue weighted by molar-refractivity contribution is 5.94. The summed E-state index contributed by atoms with van der Waals surface area (Å²) < 4.78 is 0. The fourth-order valence-corrected chi connectivity index (χ4v) is 3.81. The van der Waals surface area contributed by atoms with Gasteiger partial charge in [0.15, 0.2) is 0 Å². The van der Waals surface area contributed by atoms with Gasteiger partial charge in [0.1, 0.15) is 23.9 Å². The van der Waals surface area contributed by atoms with E-state index in [1.165, 1.54) is 31.6 Å². The highest BCUT2D eigenvalue weighted by Gasteiger charge is 2.29. The van der Waals surface area contributed by atoms with Gasteiger partial charge in [0, 0.05) is 24.7 Å². The molecule has 0 spiro atoms. The van der Waals surface area contributed by atoms with Gasteiger partial charge in [-0.3, -0.25) is 14.4 Å². The number of hydrogen-bond acceptors (Lipinski definition) is 7. The van der Waals surface area contributed by atoms with Crippen LogP contribution in [0.3, 0.4) is 0 Å². The number of imidazole rings is 1. The van der Waals surface area contributed by atoms with Crippen molar-refractivity contribution in [1.29, 1.82) is 0 Å². The SMILES string of the molecule is CC(NC(=O)C(N)Cc1ccc(O)cc1)C(=O)NC(Cc1ccccc1)C(=O)NC(Cc1cnc[nH]1)C(=O)O. The number of H-pyrrole nitrogens is 1. The first-order valence-electron chi connectivity index (χ1n) is 12.3. The van der Waals surface area contributed by atoms with Crippen molar-refractivity contribution in [3.8, 4) is 5.75 Å². The Bertz CT molecular complexity index is 1250. The molecule has 4 unspecified atom stereocenters. The van der Waals surface area contributed by atoms with E-state index in [0.29, 0.717) is 5.69 Å². The Balaban J connectivity index is 1.65. The molecule has 0 fully saturated rings. The number of nitrogens with one attached hydrogen (secondary N) is 4. The van der Waals surface area contributed by atoms with Crippen LogP contribution >= 0.6 is 0 Å². The summed E-state index contributed by atoms with van der Waals surface area (Å²) in [6.45, 7) is 1.45. The monoisotopic (exact) mass is 536 g/mol. The molecule has 3 rings (SSSR count). The molecule has 3 amide bonds. The lowest BCUT2D eigenvalue weighted by Gasteiger charge is -2.24. The van der Waals surface area contributed by atoms with Gasteiger partial charge in [-0.25, -0.2) is 9.78 Å². The fourth-order valence-electron chi connectivity index (χ4n) is 3.81. The summed E-state index contributed by atoms with van der Waals surface area (Å²) in [5, 5.41) is 26.7. The maximum Gasteiger partial charge on any atom is 0.326 e. The molecule has 0 aliphatic rings. The van der Waals surface area contributed by atoms with Crippen molar-refractivity contribution in [2.24, 2.45) is 5.73 Å². The van der Waals surface area contributed by atoms with E-state index < -0.39 is 47.9 Å². The van der Waals surface area contributed by atoms with Gasteiger partial charge in [0.05, 0.1) is 12.4 Å². The molecule has 12 heteroatoms. The maximum absolute atomic E-state index is 13.2. The number of aromatic amines is 1. The van der Waals surface area contributed by atoms with E-state index in [4.69, 9.17) is 5.73 Å². The van der Waals surface area contributed by atoms with Gasteiger partial charge in [-0.1, -0.05) is 42.5 Å². The minimum absolute atomic E-state index is 0.0293. The molecular weight excluding hydrogens is 504 g/mol. The minimum atomic E-state index is -1.26. The highest BCUT2D eigenvalue weighted by Crippen LogP contribution is 2.11. The Labute approximate surface area is 225 Å². The van der Waals surface area contributed by atoms with Crippen LogP contribution in [0.5, 0.6) is 5.75 Å². The number of benzene rings is 2. The van der Waals surface area contributed by atoms with Crippen molar-refractivity contribution >= 4 is 23.7 Å². The zero-order valence-electron chi connectivity index (χ0n) is 21.3. The lowest BCUT2D eigenvalue weighted by molar-refractivity contribution is -0.142. The topological polar surface area (TPSA) is 200 Å². The van der Waals surface area contributed by atoms with E-state index in [1.807, 2.05) is 0 Å². The predicted molar refractivity (Wildman–Crippen MR) is 141 cm³/mol. The lowest BCUT2D eigenvalue weighted by Crippen LogP contribution is -2.57. The first-order chi connectivity index (χ1) is 18.6. The molecule has 0 saturated heterocycles. The molecule has 1 aromatic heterocycles. The van der Waals surface area contributed by atoms with Gasteiger partial charge >= 0.3 is 5.97 Å². The number of rotatable bonds is 13. The largest absolute Gasteiger partial charge is 0.508 e. The first-order valence-corrected chi connectivity index (χ1v) is 12.3. The summed E-state index contributed by atoms with van der Waals surface area (Å²) in [6, 6.07) is 10.8. The summed E-state index contributed by atoms with van der Waals surface area (Å²) in [5.74, 6) is -3.06. The van der Waals surface area contributed by atoms with Gasteiger partial charge in [0.2, 0.25) is 17.7 Å². The second-order valence-corrected chi connectivity index (χ2v) is 9.14. The van der Waals surface area contributed by atoms with Crippen molar-refractivity contribution in [3.05, 3.63) is 83.9 Å². The van der Waals surface area contributed by atoms with Gasteiger partial charge in [-0.05, 0) is 36.6 Å². The standard InChI is InChI=1S/C27H32N6O6/c1-16(31-25(36)21(28)11-18-7-9-20(34)10-8-18)24(35)32-22(12-17-5-3-2-4-6-17)26(37)33-23(27(38)39)13-19-14-29-15-30-19/h2-10,14-16,21-23,34H,11-13,28H2,1H3,(H,29,30)(H,31,36)(H,32,35)(H,33,37)(H,38,39). The van der Waals surface area contributed by atoms with Crippen LogP contribution in [0.15, 0.2) is 67.1 Å². The van der Waals surface area contributed by atoms with Crippen LogP contribution in [-0.4, -0.2) is 68.0 Å². The zero-order valence-corrected chi connectivity index (χ0v) is 21.3. The molecule has 2 aromatic carbocycles. The summed E-state index contributed by atoms with van der Waals surface area (Å²) in [7, 11) is 0. The van der Waals surface area contributed by atoms with Crippen molar-refractivity contribution in [1.82, 2.24) is 25.9 Å². The fraction of sp³-hybridized carbons (Fsp3) is 0.296. The van der Waals surface area contributed by atoms with Crippen molar-refractivity contribution in [3.63, 3.8) is 0 Å². The molecule has 39 heavy (non-hydrogen) atoms. The number of carboxylic acid groups (broad SMARTS) is 1. The zero-order chi connectivity index (χ0) is 28.4.